The van der Waals surface area contributed by atoms with Crippen molar-refractivity contribution in [2.75, 3.05) is 0 Å². The second-order valence-corrected chi connectivity index (χ2v) is 3.47. The summed E-state index contributed by atoms with van der Waals surface area (Å²) in [6.45, 7) is 0. The number of halogens is 1. The van der Waals surface area contributed by atoms with Gasteiger partial charge in [0, 0.05) is 0 Å². The Morgan fingerprint density at radius 1 is 1.06 bits per heavy atom. The van der Waals surface area contributed by atoms with Gasteiger partial charge in [0.15, 0.2) is 11.6 Å². The number of hydroxylamine groups is 1. The lowest BCUT2D eigenvalue weighted by molar-refractivity contribution is 0.0703. The van der Waals surface area contributed by atoms with Crippen LogP contribution in [0.5, 0.6) is 11.5 Å². The summed E-state index contributed by atoms with van der Waals surface area (Å²) in [6.07, 6.45) is 0. The Labute approximate surface area is 103 Å². The smallest absolute Gasteiger partial charge is 0.278 e. The van der Waals surface area contributed by atoms with E-state index in [1.807, 2.05) is 0 Å². The third kappa shape index (κ3) is 2.46. The molecule has 92 valence electrons. The van der Waals surface area contributed by atoms with Crippen molar-refractivity contribution < 1.29 is 19.1 Å². The molecular weight excluding hydrogens is 237 g/mol. The minimum absolute atomic E-state index is 0.00990. The molecule has 0 atom stereocenters. The van der Waals surface area contributed by atoms with Crippen LogP contribution < -0.4 is 10.2 Å². The van der Waals surface area contributed by atoms with Crippen molar-refractivity contribution in [3.05, 3.63) is 59.9 Å². The van der Waals surface area contributed by atoms with Crippen molar-refractivity contribution >= 4 is 5.91 Å². The highest BCUT2D eigenvalue weighted by Gasteiger charge is 2.13. The van der Waals surface area contributed by atoms with Gasteiger partial charge in [0.05, 0.1) is 5.56 Å². The van der Waals surface area contributed by atoms with E-state index < -0.39 is 11.7 Å². The topological polar surface area (TPSA) is 58.6 Å². The van der Waals surface area contributed by atoms with Crippen LogP contribution in [0.4, 0.5) is 4.39 Å². The molecule has 0 heterocycles. The molecular formula is C13H10FNO3. The Hall–Kier alpha value is -2.40. The number of ether oxygens (including phenoxy) is 1. The third-order valence-corrected chi connectivity index (χ3v) is 2.29. The molecule has 18 heavy (non-hydrogen) atoms. The molecule has 0 bridgehead atoms. The molecule has 5 heteroatoms. The van der Waals surface area contributed by atoms with Gasteiger partial charge in [-0.2, -0.15) is 0 Å². The maximum Gasteiger partial charge on any atom is 0.278 e. The molecule has 0 unspecified atom stereocenters. The van der Waals surface area contributed by atoms with Crippen LogP contribution in [-0.2, 0) is 0 Å². The zero-order valence-electron chi connectivity index (χ0n) is 9.26. The first-order chi connectivity index (χ1) is 8.72. The van der Waals surface area contributed by atoms with Gasteiger partial charge in [-0.3, -0.25) is 10.0 Å². The fourth-order valence-electron chi connectivity index (χ4n) is 1.45. The molecule has 0 aliphatic heterocycles. The van der Waals surface area contributed by atoms with Crippen molar-refractivity contribution in [1.29, 1.82) is 0 Å². The van der Waals surface area contributed by atoms with Gasteiger partial charge in [-0.05, 0) is 24.3 Å². The van der Waals surface area contributed by atoms with Gasteiger partial charge in [0.2, 0.25) is 0 Å². The van der Waals surface area contributed by atoms with Gasteiger partial charge in [-0.1, -0.05) is 24.3 Å². The summed E-state index contributed by atoms with van der Waals surface area (Å²) in [7, 11) is 0. The Balaban J connectivity index is 2.35. The zero-order chi connectivity index (χ0) is 13.0. The summed E-state index contributed by atoms with van der Waals surface area (Å²) >= 11 is 0. The maximum atomic E-state index is 13.4. The van der Waals surface area contributed by atoms with Crippen LogP contribution >= 0.6 is 0 Å². The normalized spacial score (nSPS) is 9.89. The molecule has 0 aliphatic rings. The van der Waals surface area contributed by atoms with Crippen LogP contribution in [0.1, 0.15) is 10.4 Å². The van der Waals surface area contributed by atoms with Crippen molar-refractivity contribution in [2.24, 2.45) is 0 Å². The zero-order valence-corrected chi connectivity index (χ0v) is 9.26. The maximum absolute atomic E-state index is 13.4. The highest BCUT2D eigenvalue weighted by Crippen LogP contribution is 2.26. The number of hydrogen-bond donors (Lipinski definition) is 2. The van der Waals surface area contributed by atoms with Crippen LogP contribution in [0.25, 0.3) is 0 Å². The fraction of sp³-hybridized carbons (Fsp3) is 0. The van der Waals surface area contributed by atoms with E-state index in [-0.39, 0.29) is 17.1 Å². The van der Waals surface area contributed by atoms with Crippen LogP contribution in [0.2, 0.25) is 0 Å². The van der Waals surface area contributed by atoms with E-state index in [1.165, 1.54) is 35.8 Å². The van der Waals surface area contributed by atoms with Gasteiger partial charge in [-0.15, -0.1) is 0 Å². The fourth-order valence-corrected chi connectivity index (χ4v) is 1.45. The van der Waals surface area contributed by atoms with E-state index in [0.29, 0.717) is 0 Å². The van der Waals surface area contributed by atoms with E-state index in [4.69, 9.17) is 9.94 Å². The number of carbonyl (C=O) groups excluding carboxylic acids is 1. The molecule has 2 aromatic rings. The summed E-state index contributed by atoms with van der Waals surface area (Å²) in [5.74, 6) is -1.08. The van der Waals surface area contributed by atoms with Crippen molar-refractivity contribution in [1.82, 2.24) is 5.48 Å². The van der Waals surface area contributed by atoms with Gasteiger partial charge in [0.25, 0.3) is 5.91 Å². The van der Waals surface area contributed by atoms with Crippen molar-refractivity contribution in [3.8, 4) is 11.5 Å². The van der Waals surface area contributed by atoms with Crippen LogP contribution in [0, 0.1) is 5.82 Å². The summed E-state index contributed by atoms with van der Waals surface area (Å²) in [4.78, 5) is 11.4. The Morgan fingerprint density at radius 2 is 1.67 bits per heavy atom. The molecule has 0 spiro atoms. The molecule has 0 fully saturated rings. The molecule has 2 N–H and O–H groups in total. The average molecular weight is 247 g/mol. The highest BCUT2D eigenvalue weighted by molar-refractivity contribution is 5.96. The summed E-state index contributed by atoms with van der Waals surface area (Å²) < 4.78 is 18.7. The number of nitrogens with one attached hydrogen (secondary N) is 1. The average Bonchev–Trinajstić information content (AvgIpc) is 2.41. The van der Waals surface area contributed by atoms with Crippen LogP contribution in [-0.4, -0.2) is 11.1 Å². The molecule has 0 radical (unpaired) electrons. The van der Waals surface area contributed by atoms with Gasteiger partial charge < -0.3 is 4.74 Å². The van der Waals surface area contributed by atoms with Crippen molar-refractivity contribution in [3.63, 3.8) is 0 Å². The lowest BCUT2D eigenvalue weighted by atomic mass is 10.2. The molecule has 1 amide bonds. The van der Waals surface area contributed by atoms with E-state index in [9.17, 15) is 9.18 Å². The minimum atomic E-state index is -0.720. The first-order valence-corrected chi connectivity index (χ1v) is 5.18. The number of rotatable bonds is 3. The number of benzene rings is 2. The molecule has 4 nitrogen and oxygen atoms in total. The highest BCUT2D eigenvalue weighted by atomic mass is 19.1. The quantitative estimate of drug-likeness (QED) is 0.647. The van der Waals surface area contributed by atoms with Gasteiger partial charge >= 0.3 is 0 Å². The van der Waals surface area contributed by atoms with E-state index in [0.717, 1.165) is 0 Å². The number of para-hydroxylation sites is 2. The molecule has 2 rings (SSSR count). The standard InChI is InChI=1S/C13H10FNO3/c14-10-6-2-4-8-12(10)18-11-7-3-1-5-9(11)13(16)15-17/h1-8,17H,(H,15,16). The molecule has 0 aromatic heterocycles. The SMILES string of the molecule is O=C(NO)c1ccccc1Oc1ccccc1F. The van der Waals surface area contributed by atoms with Gasteiger partial charge in [-0.25, -0.2) is 9.87 Å². The monoisotopic (exact) mass is 247 g/mol. The molecule has 0 saturated heterocycles. The Kier molecular flexibility index (Phi) is 3.54. The first kappa shape index (κ1) is 12.1. The summed E-state index contributed by atoms with van der Waals surface area (Å²) in [5.41, 5.74) is 1.62. The Morgan fingerprint density at radius 3 is 2.33 bits per heavy atom. The minimum Gasteiger partial charge on any atom is -0.453 e. The predicted octanol–water partition coefficient (Wildman–Crippen LogP) is 2.74. The lowest BCUT2D eigenvalue weighted by Gasteiger charge is -2.10. The molecule has 0 aliphatic carbocycles. The van der Waals surface area contributed by atoms with E-state index in [1.54, 1.807) is 18.2 Å². The van der Waals surface area contributed by atoms with E-state index in [2.05, 4.69) is 0 Å². The van der Waals surface area contributed by atoms with Gasteiger partial charge in [0.1, 0.15) is 5.75 Å². The number of carbonyl (C=O) groups is 1. The lowest BCUT2D eigenvalue weighted by Crippen LogP contribution is -2.19. The summed E-state index contributed by atoms with van der Waals surface area (Å²) in [6, 6.07) is 12.1. The van der Waals surface area contributed by atoms with E-state index >= 15 is 0 Å². The van der Waals surface area contributed by atoms with Crippen LogP contribution in [0.3, 0.4) is 0 Å². The van der Waals surface area contributed by atoms with Crippen LogP contribution in [0.15, 0.2) is 48.5 Å². The number of amides is 1. The first-order valence-electron chi connectivity index (χ1n) is 5.18. The Bertz CT molecular complexity index is 572. The molecule has 2 aromatic carbocycles. The predicted molar refractivity (Wildman–Crippen MR) is 62.2 cm³/mol. The second kappa shape index (κ2) is 5.29. The van der Waals surface area contributed by atoms with Crippen molar-refractivity contribution in [2.45, 2.75) is 0 Å². The summed E-state index contributed by atoms with van der Waals surface area (Å²) in [5, 5.41) is 8.60. The third-order valence-electron chi connectivity index (χ3n) is 2.29. The molecule has 0 saturated carbocycles. The largest absolute Gasteiger partial charge is 0.453 e. The second-order valence-electron chi connectivity index (χ2n) is 3.47. The number of hydrogen-bond acceptors (Lipinski definition) is 3.